The van der Waals surface area contributed by atoms with E-state index in [1.54, 1.807) is 29.3 Å². The van der Waals surface area contributed by atoms with Crippen LogP contribution in [0.3, 0.4) is 0 Å². The number of carbonyl (C=O) groups is 1. The summed E-state index contributed by atoms with van der Waals surface area (Å²) in [5.74, 6) is 0.584. The topological polar surface area (TPSA) is 48.0 Å². The van der Waals surface area contributed by atoms with Gasteiger partial charge in [0.2, 0.25) is 0 Å². The number of carbonyl (C=O) groups excluding carboxylic acids is 1. The lowest BCUT2D eigenvalue weighted by atomic mass is 10.2. The molecule has 0 saturated heterocycles. The van der Waals surface area contributed by atoms with Gasteiger partial charge >= 0.3 is 0 Å². The monoisotopic (exact) mass is 330 g/mol. The number of benzene rings is 1. The zero-order valence-corrected chi connectivity index (χ0v) is 12.3. The molecule has 0 aliphatic heterocycles. The summed E-state index contributed by atoms with van der Waals surface area (Å²) in [5, 5.41) is 4.46. The first-order chi connectivity index (χ1) is 9.69. The molecule has 0 fully saturated rings. The second-order valence-electron chi connectivity index (χ2n) is 4.40. The predicted molar refractivity (Wildman–Crippen MR) is 79.1 cm³/mol. The van der Waals surface area contributed by atoms with Crippen molar-refractivity contribution in [3.63, 3.8) is 0 Å². The van der Waals surface area contributed by atoms with Crippen molar-refractivity contribution in [3.8, 4) is 17.1 Å². The highest BCUT2D eigenvalue weighted by atomic mass is 79.9. The van der Waals surface area contributed by atoms with Crippen LogP contribution in [0.2, 0.25) is 0 Å². The quantitative estimate of drug-likeness (QED) is 0.681. The van der Waals surface area contributed by atoms with Crippen molar-refractivity contribution < 1.29 is 9.21 Å². The molecule has 5 heteroatoms. The maximum Gasteiger partial charge on any atom is 0.154 e. The number of furan rings is 1. The van der Waals surface area contributed by atoms with Gasteiger partial charge in [-0.3, -0.25) is 4.79 Å². The Labute approximate surface area is 124 Å². The van der Waals surface area contributed by atoms with Gasteiger partial charge in [0, 0.05) is 10.7 Å². The molecule has 0 aliphatic rings. The van der Waals surface area contributed by atoms with Crippen molar-refractivity contribution in [3.05, 3.63) is 58.4 Å². The lowest BCUT2D eigenvalue weighted by Gasteiger charge is -2.05. The van der Waals surface area contributed by atoms with E-state index < -0.39 is 0 Å². The van der Waals surface area contributed by atoms with Gasteiger partial charge in [-0.25, -0.2) is 4.68 Å². The Bertz CT molecular complexity index is 760. The molecule has 20 heavy (non-hydrogen) atoms. The predicted octanol–water partition coefficient (Wildman–Crippen LogP) is 4.02. The number of aromatic nitrogens is 2. The maximum absolute atomic E-state index is 11.2. The average molecular weight is 331 g/mol. The molecule has 0 saturated carbocycles. The second kappa shape index (κ2) is 5.09. The summed E-state index contributed by atoms with van der Waals surface area (Å²) in [4.78, 5) is 11.2. The van der Waals surface area contributed by atoms with Gasteiger partial charge in [0.25, 0.3) is 0 Å². The molecule has 0 spiro atoms. The number of aryl methyl sites for hydroxylation is 1. The minimum atomic E-state index is 0.502. The van der Waals surface area contributed by atoms with Gasteiger partial charge in [0.05, 0.1) is 17.5 Å². The van der Waals surface area contributed by atoms with Crippen LogP contribution in [0, 0.1) is 6.92 Å². The zero-order chi connectivity index (χ0) is 14.1. The third-order valence-corrected chi connectivity index (χ3v) is 3.52. The minimum absolute atomic E-state index is 0.502. The van der Waals surface area contributed by atoms with Gasteiger partial charge in [-0.05, 0) is 42.8 Å². The smallest absolute Gasteiger partial charge is 0.154 e. The van der Waals surface area contributed by atoms with Crippen LogP contribution in [-0.4, -0.2) is 16.1 Å². The summed E-state index contributed by atoms with van der Waals surface area (Å²) >= 11 is 3.43. The van der Waals surface area contributed by atoms with Crippen molar-refractivity contribution in [2.24, 2.45) is 0 Å². The molecule has 2 aromatic heterocycles. The van der Waals surface area contributed by atoms with Crippen LogP contribution in [0.4, 0.5) is 0 Å². The van der Waals surface area contributed by atoms with Gasteiger partial charge in [-0.2, -0.15) is 5.10 Å². The molecule has 0 radical (unpaired) electrons. The second-order valence-corrected chi connectivity index (χ2v) is 5.32. The first-order valence-electron chi connectivity index (χ1n) is 6.04. The van der Waals surface area contributed by atoms with Gasteiger partial charge < -0.3 is 4.42 Å². The standard InChI is InChI=1S/C15H11BrN2O2/c1-10-7-12(16)4-5-13(10)18-8-11(9-19)15(17-18)14-3-2-6-20-14/h2-9H,1H3. The molecule has 0 aliphatic carbocycles. The number of halogens is 1. The fourth-order valence-corrected chi connectivity index (χ4v) is 2.55. The number of aldehydes is 1. The number of hydrogen-bond donors (Lipinski definition) is 0. The van der Waals surface area contributed by atoms with E-state index in [1.807, 2.05) is 25.1 Å². The Kier molecular flexibility index (Phi) is 3.28. The van der Waals surface area contributed by atoms with Crippen molar-refractivity contribution >= 4 is 22.2 Å². The summed E-state index contributed by atoms with van der Waals surface area (Å²) in [6, 6.07) is 9.45. The summed E-state index contributed by atoms with van der Waals surface area (Å²) in [6.45, 7) is 1.99. The van der Waals surface area contributed by atoms with E-state index in [2.05, 4.69) is 21.0 Å². The van der Waals surface area contributed by atoms with Crippen LogP contribution < -0.4 is 0 Å². The van der Waals surface area contributed by atoms with E-state index in [-0.39, 0.29) is 0 Å². The van der Waals surface area contributed by atoms with E-state index in [0.717, 1.165) is 22.0 Å². The average Bonchev–Trinajstić information content (AvgIpc) is 3.07. The van der Waals surface area contributed by atoms with Gasteiger partial charge in [0.15, 0.2) is 12.0 Å². The highest BCUT2D eigenvalue weighted by molar-refractivity contribution is 9.10. The molecule has 0 amide bonds. The summed E-state index contributed by atoms with van der Waals surface area (Å²) in [7, 11) is 0. The Morgan fingerprint density at radius 3 is 2.85 bits per heavy atom. The molecule has 4 nitrogen and oxygen atoms in total. The lowest BCUT2D eigenvalue weighted by molar-refractivity contribution is 0.112. The van der Waals surface area contributed by atoms with Gasteiger partial charge in [0.1, 0.15) is 5.69 Å². The molecular weight excluding hydrogens is 320 g/mol. The third-order valence-electron chi connectivity index (χ3n) is 3.03. The Hall–Kier alpha value is -2.14. The molecular formula is C15H11BrN2O2. The van der Waals surface area contributed by atoms with Crippen LogP contribution in [0.5, 0.6) is 0 Å². The van der Waals surface area contributed by atoms with E-state index >= 15 is 0 Å². The first-order valence-corrected chi connectivity index (χ1v) is 6.83. The molecule has 3 aromatic rings. The largest absolute Gasteiger partial charge is 0.463 e. The normalized spacial score (nSPS) is 10.7. The van der Waals surface area contributed by atoms with Gasteiger partial charge in [-0.15, -0.1) is 0 Å². The molecule has 0 atom stereocenters. The number of rotatable bonds is 3. The van der Waals surface area contributed by atoms with Crippen LogP contribution in [0.1, 0.15) is 15.9 Å². The van der Waals surface area contributed by atoms with Crippen molar-refractivity contribution in [1.82, 2.24) is 9.78 Å². The van der Waals surface area contributed by atoms with Crippen molar-refractivity contribution in [2.75, 3.05) is 0 Å². The summed E-state index contributed by atoms with van der Waals surface area (Å²) in [6.07, 6.45) is 4.06. The van der Waals surface area contributed by atoms with Gasteiger partial charge in [-0.1, -0.05) is 15.9 Å². The van der Waals surface area contributed by atoms with Crippen LogP contribution in [0.15, 0.2) is 51.7 Å². The zero-order valence-electron chi connectivity index (χ0n) is 10.7. The molecule has 0 bridgehead atoms. The summed E-state index contributed by atoms with van der Waals surface area (Å²) < 4.78 is 8.02. The van der Waals surface area contributed by atoms with Crippen LogP contribution in [-0.2, 0) is 0 Å². The van der Waals surface area contributed by atoms with Crippen LogP contribution >= 0.6 is 15.9 Å². The molecule has 1 aromatic carbocycles. The van der Waals surface area contributed by atoms with Crippen molar-refractivity contribution in [2.45, 2.75) is 6.92 Å². The first kappa shape index (κ1) is 12.9. The maximum atomic E-state index is 11.2. The third kappa shape index (κ3) is 2.20. The van der Waals surface area contributed by atoms with E-state index in [4.69, 9.17) is 4.42 Å². The van der Waals surface area contributed by atoms with Crippen LogP contribution in [0.25, 0.3) is 17.1 Å². The fourth-order valence-electron chi connectivity index (χ4n) is 2.08. The SMILES string of the molecule is Cc1cc(Br)ccc1-n1cc(C=O)c(-c2ccco2)n1. The highest BCUT2D eigenvalue weighted by Gasteiger charge is 2.14. The van der Waals surface area contributed by atoms with E-state index in [1.165, 1.54) is 0 Å². The Morgan fingerprint density at radius 2 is 2.20 bits per heavy atom. The van der Waals surface area contributed by atoms with E-state index in [0.29, 0.717) is 17.0 Å². The molecule has 3 rings (SSSR count). The Morgan fingerprint density at radius 1 is 1.35 bits per heavy atom. The molecule has 0 N–H and O–H groups in total. The molecule has 2 heterocycles. The minimum Gasteiger partial charge on any atom is -0.463 e. The van der Waals surface area contributed by atoms with E-state index in [9.17, 15) is 4.79 Å². The van der Waals surface area contributed by atoms with Crippen molar-refractivity contribution in [1.29, 1.82) is 0 Å². The highest BCUT2D eigenvalue weighted by Crippen LogP contribution is 2.25. The molecule has 100 valence electrons. The number of hydrogen-bond acceptors (Lipinski definition) is 3. The lowest BCUT2D eigenvalue weighted by Crippen LogP contribution is -1.97. The fraction of sp³-hybridized carbons (Fsp3) is 0.0667. The summed E-state index contributed by atoms with van der Waals surface area (Å²) in [5.41, 5.74) is 3.04. The Balaban J connectivity index is 2.14. The molecule has 0 unspecified atom stereocenters. The number of nitrogens with zero attached hydrogens (tertiary/aromatic N) is 2.